The fraction of sp³-hybridized carbons (Fsp3) is 0.412. The van der Waals surface area contributed by atoms with E-state index < -0.39 is 23.6 Å². The average Bonchev–Trinajstić information content (AvgIpc) is 2.79. The van der Waals surface area contributed by atoms with Gasteiger partial charge in [-0.3, -0.25) is 14.5 Å². The molecule has 2 aliphatic rings. The van der Waals surface area contributed by atoms with E-state index in [1.165, 1.54) is 12.1 Å². The highest BCUT2D eigenvalue weighted by Crippen LogP contribution is 2.34. The van der Waals surface area contributed by atoms with Crippen molar-refractivity contribution in [1.29, 1.82) is 0 Å². The Bertz CT molecular complexity index is 740. The van der Waals surface area contributed by atoms with Gasteiger partial charge in [-0.15, -0.1) is 0 Å². The lowest BCUT2D eigenvalue weighted by Gasteiger charge is -2.29. The summed E-state index contributed by atoms with van der Waals surface area (Å²) >= 11 is 6.00. The molecule has 1 aromatic carbocycles. The molecule has 0 atom stereocenters. The van der Waals surface area contributed by atoms with Gasteiger partial charge in [0, 0.05) is 11.7 Å². The van der Waals surface area contributed by atoms with Gasteiger partial charge in [0.05, 0.1) is 5.56 Å². The Balaban J connectivity index is 1.83. The topological polar surface area (TPSA) is 49.4 Å². The Morgan fingerprint density at radius 3 is 2.40 bits per heavy atom. The van der Waals surface area contributed by atoms with E-state index in [0.29, 0.717) is 0 Å². The fourth-order valence-corrected chi connectivity index (χ4v) is 3.44. The van der Waals surface area contributed by atoms with E-state index in [-0.39, 0.29) is 22.5 Å². The SMILES string of the molecule is O=C1C(Cl)=C(Nc2cccc(C(F)(F)F)c2)C(=O)N1C1CCCCC1. The molecule has 4 nitrogen and oxygen atoms in total. The molecular formula is C17H16ClF3N2O2. The molecule has 1 aliphatic carbocycles. The number of nitrogens with one attached hydrogen (secondary N) is 1. The molecule has 1 saturated carbocycles. The van der Waals surface area contributed by atoms with Gasteiger partial charge in [0.2, 0.25) is 0 Å². The lowest BCUT2D eigenvalue weighted by Crippen LogP contribution is -2.42. The summed E-state index contributed by atoms with van der Waals surface area (Å²) in [5, 5.41) is 2.30. The molecule has 25 heavy (non-hydrogen) atoms. The maximum atomic E-state index is 12.8. The van der Waals surface area contributed by atoms with Gasteiger partial charge in [0.15, 0.2) is 0 Å². The Kier molecular flexibility index (Phi) is 4.77. The molecule has 3 rings (SSSR count). The first-order chi connectivity index (χ1) is 11.8. The fourth-order valence-electron chi connectivity index (χ4n) is 3.22. The summed E-state index contributed by atoms with van der Waals surface area (Å²) in [4.78, 5) is 26.1. The van der Waals surface area contributed by atoms with Crippen molar-refractivity contribution in [2.24, 2.45) is 0 Å². The number of amides is 2. The van der Waals surface area contributed by atoms with E-state index in [0.717, 1.165) is 49.1 Å². The van der Waals surface area contributed by atoms with Gasteiger partial charge in [-0.25, -0.2) is 0 Å². The Morgan fingerprint density at radius 1 is 1.08 bits per heavy atom. The zero-order valence-corrected chi connectivity index (χ0v) is 14.0. The van der Waals surface area contributed by atoms with E-state index in [1.54, 1.807) is 0 Å². The predicted octanol–water partition coefficient (Wildman–Crippen LogP) is 4.27. The minimum absolute atomic E-state index is 0.0506. The maximum Gasteiger partial charge on any atom is 0.416 e. The van der Waals surface area contributed by atoms with Crippen molar-refractivity contribution in [1.82, 2.24) is 4.90 Å². The molecule has 0 bridgehead atoms. The van der Waals surface area contributed by atoms with E-state index in [2.05, 4.69) is 5.32 Å². The molecule has 0 aromatic heterocycles. The smallest absolute Gasteiger partial charge is 0.350 e. The summed E-state index contributed by atoms with van der Waals surface area (Å²) in [5.74, 6) is -1.17. The first kappa shape index (κ1) is 17.8. The Labute approximate surface area is 147 Å². The standard InChI is InChI=1S/C17H16ClF3N2O2/c18-13-14(22-11-6-4-5-10(9-11)17(19,20)21)16(25)23(15(13)24)12-7-2-1-3-8-12/h4-6,9,12,22H,1-3,7-8H2. The molecule has 134 valence electrons. The zero-order chi connectivity index (χ0) is 18.2. The van der Waals surface area contributed by atoms with Crippen LogP contribution in [-0.4, -0.2) is 22.8 Å². The van der Waals surface area contributed by atoms with Crippen LogP contribution in [0.2, 0.25) is 0 Å². The molecule has 8 heteroatoms. The summed E-state index contributed by atoms with van der Waals surface area (Å²) < 4.78 is 38.4. The van der Waals surface area contributed by atoms with Crippen LogP contribution in [0.25, 0.3) is 0 Å². The highest BCUT2D eigenvalue weighted by Gasteiger charge is 2.42. The van der Waals surface area contributed by atoms with Crippen LogP contribution in [0.1, 0.15) is 37.7 Å². The molecular weight excluding hydrogens is 357 g/mol. The molecule has 1 aromatic rings. The minimum atomic E-state index is -4.50. The van der Waals surface area contributed by atoms with Crippen LogP contribution < -0.4 is 5.32 Å². The summed E-state index contributed by atoms with van der Waals surface area (Å²) in [6.07, 6.45) is -0.148. The quantitative estimate of drug-likeness (QED) is 0.806. The van der Waals surface area contributed by atoms with Crippen LogP contribution in [0, 0.1) is 0 Å². The number of rotatable bonds is 3. The van der Waals surface area contributed by atoms with E-state index in [9.17, 15) is 22.8 Å². The van der Waals surface area contributed by atoms with Gasteiger partial charge in [-0.05, 0) is 31.0 Å². The number of benzene rings is 1. The van der Waals surface area contributed by atoms with E-state index >= 15 is 0 Å². The molecule has 0 saturated heterocycles. The number of carbonyl (C=O) groups excluding carboxylic acids is 2. The first-order valence-electron chi connectivity index (χ1n) is 8.01. The lowest BCUT2D eigenvalue weighted by molar-refractivity contribution is -0.141. The molecule has 0 radical (unpaired) electrons. The van der Waals surface area contributed by atoms with Gasteiger partial charge in [-0.2, -0.15) is 13.2 Å². The highest BCUT2D eigenvalue weighted by molar-refractivity contribution is 6.48. The lowest BCUT2D eigenvalue weighted by atomic mass is 9.94. The molecule has 1 heterocycles. The summed E-state index contributed by atoms with van der Waals surface area (Å²) in [6.45, 7) is 0. The van der Waals surface area contributed by atoms with Gasteiger partial charge < -0.3 is 5.32 Å². The van der Waals surface area contributed by atoms with Crippen LogP contribution in [0.5, 0.6) is 0 Å². The van der Waals surface area contributed by atoms with Gasteiger partial charge in [0.25, 0.3) is 11.8 Å². The van der Waals surface area contributed by atoms with Crippen molar-refractivity contribution >= 4 is 29.1 Å². The van der Waals surface area contributed by atoms with E-state index in [4.69, 9.17) is 11.6 Å². The average molecular weight is 373 g/mol. The van der Waals surface area contributed by atoms with E-state index in [1.807, 2.05) is 0 Å². The van der Waals surface area contributed by atoms with Crippen LogP contribution in [0.15, 0.2) is 35.0 Å². The number of imide groups is 1. The monoisotopic (exact) mass is 372 g/mol. The summed E-state index contributed by atoms with van der Waals surface area (Å²) in [5.41, 5.74) is -0.971. The number of halogens is 4. The third-order valence-corrected chi connectivity index (χ3v) is 4.81. The van der Waals surface area contributed by atoms with Crippen molar-refractivity contribution in [2.45, 2.75) is 44.3 Å². The molecule has 1 N–H and O–H groups in total. The second kappa shape index (κ2) is 6.71. The van der Waals surface area contributed by atoms with Crippen LogP contribution in [0.3, 0.4) is 0 Å². The third-order valence-electron chi connectivity index (χ3n) is 4.46. The second-order valence-corrected chi connectivity index (χ2v) is 6.54. The van der Waals surface area contributed by atoms with Crippen LogP contribution in [-0.2, 0) is 15.8 Å². The molecule has 2 amide bonds. The number of alkyl halides is 3. The van der Waals surface area contributed by atoms with Gasteiger partial charge in [0.1, 0.15) is 10.7 Å². The Hall–Kier alpha value is -2.02. The summed E-state index contributed by atoms with van der Waals surface area (Å²) in [6, 6.07) is 4.20. The second-order valence-electron chi connectivity index (χ2n) is 6.16. The van der Waals surface area contributed by atoms with Gasteiger partial charge in [-0.1, -0.05) is 36.9 Å². The number of carbonyl (C=O) groups is 2. The number of hydrogen-bond donors (Lipinski definition) is 1. The maximum absolute atomic E-state index is 12.8. The van der Waals surface area contributed by atoms with Crippen molar-refractivity contribution in [3.63, 3.8) is 0 Å². The predicted molar refractivity (Wildman–Crippen MR) is 86.7 cm³/mol. The van der Waals surface area contributed by atoms with Gasteiger partial charge >= 0.3 is 6.18 Å². The van der Waals surface area contributed by atoms with Crippen molar-refractivity contribution < 1.29 is 22.8 Å². The largest absolute Gasteiger partial charge is 0.416 e. The molecule has 0 unspecified atom stereocenters. The first-order valence-corrected chi connectivity index (χ1v) is 8.39. The zero-order valence-electron chi connectivity index (χ0n) is 13.2. The minimum Gasteiger partial charge on any atom is -0.350 e. The highest BCUT2D eigenvalue weighted by atomic mass is 35.5. The Morgan fingerprint density at radius 2 is 1.76 bits per heavy atom. The molecule has 1 aliphatic heterocycles. The third kappa shape index (κ3) is 3.51. The molecule has 1 fully saturated rings. The number of anilines is 1. The van der Waals surface area contributed by atoms with Crippen molar-refractivity contribution in [3.05, 3.63) is 40.6 Å². The van der Waals surface area contributed by atoms with Crippen LogP contribution in [0.4, 0.5) is 18.9 Å². The van der Waals surface area contributed by atoms with Crippen molar-refractivity contribution in [2.75, 3.05) is 5.32 Å². The van der Waals surface area contributed by atoms with Crippen molar-refractivity contribution in [3.8, 4) is 0 Å². The van der Waals surface area contributed by atoms with Crippen LogP contribution >= 0.6 is 11.6 Å². The normalized spacial score (nSPS) is 19.8. The number of nitrogens with zero attached hydrogens (tertiary/aromatic N) is 1. The number of hydrogen-bond acceptors (Lipinski definition) is 3. The summed E-state index contributed by atoms with van der Waals surface area (Å²) in [7, 11) is 0. The molecule has 0 spiro atoms.